The highest BCUT2D eigenvalue weighted by Crippen LogP contribution is 2.16. The van der Waals surface area contributed by atoms with E-state index in [0.717, 1.165) is 35.0 Å². The molecule has 0 radical (unpaired) electrons. The van der Waals surface area contributed by atoms with Crippen molar-refractivity contribution >= 4 is 18.4 Å². The molecule has 0 unspecified atom stereocenters. The van der Waals surface area contributed by atoms with Crippen LogP contribution >= 0.6 is 12.2 Å². The quantitative estimate of drug-likeness (QED) is 0.576. The van der Waals surface area contributed by atoms with Gasteiger partial charge in [-0.15, -0.1) is 0 Å². The third-order valence-corrected chi connectivity index (χ3v) is 4.12. The Hall–Kier alpha value is -2.41. The predicted molar refractivity (Wildman–Crippen MR) is 91.5 cm³/mol. The number of aromatic amines is 1. The summed E-state index contributed by atoms with van der Waals surface area (Å²) in [7, 11) is 0. The van der Waals surface area contributed by atoms with Crippen LogP contribution in [0.5, 0.6) is 0 Å². The summed E-state index contributed by atoms with van der Waals surface area (Å²) in [6, 6.07) is 5.99. The summed E-state index contributed by atoms with van der Waals surface area (Å²) >= 11 is 5.21. The molecule has 0 aliphatic carbocycles. The first-order valence-electron chi connectivity index (χ1n) is 7.50. The van der Waals surface area contributed by atoms with Crippen molar-refractivity contribution in [3.63, 3.8) is 0 Å². The van der Waals surface area contributed by atoms with Crippen LogP contribution in [0.1, 0.15) is 35.5 Å². The molecule has 0 aromatic carbocycles. The molecular weight excluding hydrogens is 310 g/mol. The maximum Gasteiger partial charge on any atom is 0.216 e. The summed E-state index contributed by atoms with van der Waals surface area (Å²) < 4.78 is 9.80. The molecule has 0 amide bonds. The van der Waals surface area contributed by atoms with Gasteiger partial charge < -0.3 is 8.98 Å². The van der Waals surface area contributed by atoms with E-state index < -0.39 is 0 Å². The predicted octanol–water partition coefficient (Wildman–Crippen LogP) is 3.44. The first-order chi connectivity index (χ1) is 11.1. The van der Waals surface area contributed by atoms with E-state index in [-0.39, 0.29) is 0 Å². The highest BCUT2D eigenvalue weighted by Gasteiger charge is 2.09. The van der Waals surface area contributed by atoms with E-state index >= 15 is 0 Å². The Labute approximate surface area is 139 Å². The molecular formula is C16H19N5OS. The molecule has 120 valence electrons. The van der Waals surface area contributed by atoms with Crippen LogP contribution in [-0.2, 0) is 13.0 Å². The Kier molecular flexibility index (Phi) is 4.29. The van der Waals surface area contributed by atoms with Crippen molar-refractivity contribution in [2.45, 2.75) is 33.7 Å². The van der Waals surface area contributed by atoms with Crippen LogP contribution in [0.2, 0.25) is 0 Å². The zero-order valence-electron chi connectivity index (χ0n) is 13.4. The summed E-state index contributed by atoms with van der Waals surface area (Å²) in [6.07, 6.45) is 4.28. The number of aromatic nitrogens is 4. The Morgan fingerprint density at radius 2 is 2.26 bits per heavy atom. The Bertz CT molecular complexity index is 882. The van der Waals surface area contributed by atoms with Crippen LogP contribution < -0.4 is 0 Å². The van der Waals surface area contributed by atoms with E-state index in [0.29, 0.717) is 11.3 Å². The zero-order chi connectivity index (χ0) is 16.4. The number of nitrogens with one attached hydrogen (secondary N) is 1. The van der Waals surface area contributed by atoms with Crippen molar-refractivity contribution < 1.29 is 4.42 Å². The van der Waals surface area contributed by atoms with E-state index in [1.165, 1.54) is 0 Å². The number of hydrogen-bond acceptors (Lipinski definition) is 4. The molecule has 1 N–H and O–H groups in total. The lowest BCUT2D eigenvalue weighted by molar-refractivity contribution is 0.489. The normalized spacial score (nSPS) is 11.6. The lowest BCUT2D eigenvalue weighted by atomic mass is 10.3. The minimum atomic E-state index is 0.502. The van der Waals surface area contributed by atoms with Crippen LogP contribution in [0.3, 0.4) is 0 Å². The number of aryl methyl sites for hydroxylation is 2. The topological polar surface area (TPSA) is 64.0 Å². The Morgan fingerprint density at radius 3 is 2.96 bits per heavy atom. The molecule has 0 atom stereocenters. The molecule has 0 spiro atoms. The Morgan fingerprint density at radius 1 is 1.43 bits per heavy atom. The third-order valence-electron chi connectivity index (χ3n) is 3.85. The van der Waals surface area contributed by atoms with Crippen LogP contribution in [-0.4, -0.2) is 25.7 Å². The van der Waals surface area contributed by atoms with Crippen LogP contribution in [0.15, 0.2) is 34.0 Å². The van der Waals surface area contributed by atoms with E-state index in [1.807, 2.05) is 25.3 Å². The van der Waals surface area contributed by atoms with Gasteiger partial charge in [0.2, 0.25) is 4.77 Å². The second-order valence-corrected chi connectivity index (χ2v) is 5.73. The molecule has 0 bridgehead atoms. The minimum absolute atomic E-state index is 0.502. The number of furan rings is 1. The molecule has 3 aromatic rings. The molecule has 0 fully saturated rings. The zero-order valence-corrected chi connectivity index (χ0v) is 14.2. The summed E-state index contributed by atoms with van der Waals surface area (Å²) in [5.41, 5.74) is 3.35. The van der Waals surface area contributed by atoms with Crippen molar-refractivity contribution in [1.29, 1.82) is 0 Å². The van der Waals surface area contributed by atoms with Crippen molar-refractivity contribution in [3.8, 4) is 0 Å². The van der Waals surface area contributed by atoms with Crippen molar-refractivity contribution in [1.82, 2.24) is 19.4 Å². The van der Waals surface area contributed by atoms with E-state index in [1.54, 1.807) is 10.9 Å². The van der Waals surface area contributed by atoms with Crippen LogP contribution in [0, 0.1) is 18.6 Å². The summed E-state index contributed by atoms with van der Waals surface area (Å²) in [4.78, 5) is 0. The fourth-order valence-electron chi connectivity index (χ4n) is 2.55. The molecule has 6 nitrogen and oxygen atoms in total. The fourth-order valence-corrected chi connectivity index (χ4v) is 2.75. The maximum atomic E-state index is 5.44. The van der Waals surface area contributed by atoms with E-state index in [9.17, 15) is 0 Å². The summed E-state index contributed by atoms with van der Waals surface area (Å²) in [6.45, 7) is 6.89. The summed E-state index contributed by atoms with van der Waals surface area (Å²) in [5.74, 6) is 1.75. The van der Waals surface area contributed by atoms with Gasteiger partial charge in [0, 0.05) is 23.4 Å². The number of H-pyrrole nitrogens is 1. The fraction of sp³-hybridized carbons (Fsp3) is 0.312. The van der Waals surface area contributed by atoms with Gasteiger partial charge in [0.15, 0.2) is 5.82 Å². The highest BCUT2D eigenvalue weighted by atomic mass is 32.1. The number of hydrogen-bond donors (Lipinski definition) is 1. The van der Waals surface area contributed by atoms with Crippen LogP contribution in [0.25, 0.3) is 0 Å². The lowest BCUT2D eigenvalue weighted by Crippen LogP contribution is -2.03. The standard InChI is InChI=1S/C16H19N5OS/c1-4-15-18-19-16(23)21(15)17-9-13-8-11(2)20(12(13)3)10-14-6-5-7-22-14/h5-9H,4,10H2,1-3H3,(H,19,23)/b17-9-. The maximum absolute atomic E-state index is 5.44. The van der Waals surface area contributed by atoms with Crippen molar-refractivity contribution in [3.05, 3.63) is 57.8 Å². The molecule has 0 aliphatic rings. The summed E-state index contributed by atoms with van der Waals surface area (Å²) in [5, 5.41) is 11.4. The van der Waals surface area contributed by atoms with Gasteiger partial charge in [0.05, 0.1) is 19.0 Å². The SMILES string of the molecule is CCc1n[nH]c(=S)n1/N=C\c1cc(C)n(Cc2ccco2)c1C. The minimum Gasteiger partial charge on any atom is -0.467 e. The average Bonchev–Trinajstić information content (AvgIpc) is 3.23. The average molecular weight is 329 g/mol. The van der Waals surface area contributed by atoms with Gasteiger partial charge in [0.25, 0.3) is 0 Å². The molecule has 3 rings (SSSR count). The molecule has 0 saturated carbocycles. The van der Waals surface area contributed by atoms with Gasteiger partial charge >= 0.3 is 0 Å². The van der Waals surface area contributed by atoms with Crippen molar-refractivity contribution in [2.24, 2.45) is 5.10 Å². The largest absolute Gasteiger partial charge is 0.467 e. The van der Waals surface area contributed by atoms with Gasteiger partial charge in [-0.25, -0.2) is 0 Å². The highest BCUT2D eigenvalue weighted by molar-refractivity contribution is 7.71. The number of rotatable bonds is 5. The van der Waals surface area contributed by atoms with E-state index in [2.05, 4.69) is 39.8 Å². The van der Waals surface area contributed by atoms with Crippen LogP contribution in [0.4, 0.5) is 0 Å². The van der Waals surface area contributed by atoms with Gasteiger partial charge in [-0.3, -0.25) is 5.10 Å². The molecule has 0 saturated heterocycles. The molecule has 3 aromatic heterocycles. The van der Waals surface area contributed by atoms with Gasteiger partial charge in [0.1, 0.15) is 5.76 Å². The monoisotopic (exact) mass is 329 g/mol. The number of nitrogens with zero attached hydrogens (tertiary/aromatic N) is 4. The van der Waals surface area contributed by atoms with Gasteiger partial charge in [-0.2, -0.15) is 14.9 Å². The molecule has 0 aliphatic heterocycles. The lowest BCUT2D eigenvalue weighted by Gasteiger charge is -2.07. The molecule has 23 heavy (non-hydrogen) atoms. The first kappa shape index (κ1) is 15.5. The second-order valence-electron chi connectivity index (χ2n) is 5.35. The Balaban J connectivity index is 1.91. The first-order valence-corrected chi connectivity index (χ1v) is 7.90. The van der Waals surface area contributed by atoms with E-state index in [4.69, 9.17) is 16.6 Å². The van der Waals surface area contributed by atoms with Gasteiger partial charge in [-0.05, 0) is 44.3 Å². The molecule has 3 heterocycles. The van der Waals surface area contributed by atoms with Crippen molar-refractivity contribution in [2.75, 3.05) is 0 Å². The third kappa shape index (κ3) is 3.05. The smallest absolute Gasteiger partial charge is 0.216 e. The molecule has 7 heteroatoms. The second kappa shape index (κ2) is 6.37. The van der Waals surface area contributed by atoms with Gasteiger partial charge in [-0.1, -0.05) is 6.92 Å².